The van der Waals surface area contributed by atoms with Gasteiger partial charge >= 0.3 is 0 Å². The van der Waals surface area contributed by atoms with Crippen molar-refractivity contribution in [2.24, 2.45) is 0 Å². The molecular weight excluding hydrogens is 374 g/mol. The normalized spacial score (nSPS) is 15.4. The lowest BCUT2D eigenvalue weighted by molar-refractivity contribution is 0.244. The molecule has 3 aromatic rings. The van der Waals surface area contributed by atoms with Gasteiger partial charge in [-0.1, -0.05) is 17.7 Å². The van der Waals surface area contributed by atoms with Gasteiger partial charge in [0.2, 0.25) is 0 Å². The number of nitrogens with zero attached hydrogens (tertiary/aromatic N) is 7. The Morgan fingerprint density at radius 1 is 1.04 bits per heavy atom. The van der Waals surface area contributed by atoms with E-state index in [-0.39, 0.29) is 0 Å². The Kier molecular flexibility index (Phi) is 5.12. The first kappa shape index (κ1) is 19.0. The summed E-state index contributed by atoms with van der Waals surface area (Å²) in [7, 11) is 4.01. The van der Waals surface area contributed by atoms with Crippen molar-refractivity contribution in [1.29, 1.82) is 0 Å². The number of hydrogen-bond acceptors (Lipinski definition) is 6. The van der Waals surface area contributed by atoms with Crippen LogP contribution < -0.4 is 9.80 Å². The molecule has 0 saturated carbocycles. The minimum atomic E-state index is 0.659. The average molecular weight is 400 g/mol. The minimum absolute atomic E-state index is 0.659. The second-order valence-corrected chi connectivity index (χ2v) is 8.02. The summed E-state index contributed by atoms with van der Waals surface area (Å²) in [5.74, 6) is 2.46. The van der Waals surface area contributed by atoms with Crippen LogP contribution in [-0.2, 0) is 6.54 Å². The van der Waals surface area contributed by atoms with Gasteiger partial charge in [0.15, 0.2) is 5.82 Å². The highest BCUT2D eigenvalue weighted by molar-refractivity contribution is 6.30. The van der Waals surface area contributed by atoms with Crippen LogP contribution in [0.25, 0.3) is 5.78 Å². The van der Waals surface area contributed by atoms with E-state index in [0.29, 0.717) is 5.78 Å². The van der Waals surface area contributed by atoms with E-state index in [2.05, 4.69) is 38.8 Å². The van der Waals surface area contributed by atoms with E-state index in [9.17, 15) is 0 Å². The zero-order valence-electron chi connectivity index (χ0n) is 16.9. The Hall–Kier alpha value is -2.38. The number of piperazine rings is 1. The summed E-state index contributed by atoms with van der Waals surface area (Å²) in [4.78, 5) is 16.0. The number of halogens is 1. The summed E-state index contributed by atoms with van der Waals surface area (Å²) in [5, 5.41) is 5.49. The first-order valence-corrected chi connectivity index (χ1v) is 9.92. The summed E-state index contributed by atoms with van der Waals surface area (Å²) in [5.41, 5.74) is 3.44. The van der Waals surface area contributed by atoms with Crippen molar-refractivity contribution in [3.63, 3.8) is 0 Å². The number of anilines is 2. The van der Waals surface area contributed by atoms with Gasteiger partial charge in [0.1, 0.15) is 5.82 Å². The predicted molar refractivity (Wildman–Crippen MR) is 114 cm³/mol. The molecule has 8 heteroatoms. The molecule has 2 aromatic heterocycles. The maximum atomic E-state index is 6.19. The molecule has 0 radical (unpaired) electrons. The summed E-state index contributed by atoms with van der Waals surface area (Å²) >= 11 is 6.19. The van der Waals surface area contributed by atoms with Crippen LogP contribution >= 0.6 is 11.6 Å². The van der Waals surface area contributed by atoms with Crippen LogP contribution in [0.3, 0.4) is 0 Å². The van der Waals surface area contributed by atoms with E-state index < -0.39 is 0 Å². The third kappa shape index (κ3) is 3.77. The second kappa shape index (κ2) is 7.56. The predicted octanol–water partition coefficient (Wildman–Crippen LogP) is 2.78. The Labute approximate surface area is 170 Å². The van der Waals surface area contributed by atoms with E-state index in [1.54, 1.807) is 0 Å². The van der Waals surface area contributed by atoms with Crippen LogP contribution in [0, 0.1) is 13.8 Å². The molecule has 0 amide bonds. The molecule has 1 saturated heterocycles. The molecule has 0 unspecified atom stereocenters. The molecule has 148 valence electrons. The van der Waals surface area contributed by atoms with Crippen molar-refractivity contribution in [3.8, 4) is 0 Å². The van der Waals surface area contributed by atoms with Crippen LogP contribution in [0.4, 0.5) is 11.5 Å². The SMILES string of the molecule is Cc1cc(N(C)C)n2nc(CN3CCN(c4cc(Cl)ccc4C)CC3)nc2n1. The summed E-state index contributed by atoms with van der Waals surface area (Å²) in [6, 6.07) is 8.12. The highest BCUT2D eigenvalue weighted by Crippen LogP contribution is 2.25. The van der Waals surface area contributed by atoms with Gasteiger partial charge in [-0.15, -0.1) is 5.10 Å². The van der Waals surface area contributed by atoms with Gasteiger partial charge in [-0.05, 0) is 31.5 Å². The van der Waals surface area contributed by atoms with Crippen LogP contribution in [0.5, 0.6) is 0 Å². The molecule has 1 aromatic carbocycles. The fourth-order valence-corrected chi connectivity index (χ4v) is 3.83. The Bertz CT molecular complexity index is 990. The molecule has 1 fully saturated rings. The Balaban J connectivity index is 1.46. The van der Waals surface area contributed by atoms with E-state index >= 15 is 0 Å². The molecule has 0 spiro atoms. The lowest BCUT2D eigenvalue weighted by Gasteiger charge is -2.36. The van der Waals surface area contributed by atoms with Gasteiger partial charge in [-0.25, -0.2) is 4.98 Å². The number of benzene rings is 1. The molecule has 0 aliphatic carbocycles. The van der Waals surface area contributed by atoms with Gasteiger partial charge in [-0.3, -0.25) is 4.90 Å². The van der Waals surface area contributed by atoms with Crippen LogP contribution in [0.15, 0.2) is 24.3 Å². The molecule has 4 rings (SSSR count). The Morgan fingerprint density at radius 3 is 2.50 bits per heavy atom. The molecule has 1 aliphatic rings. The highest BCUT2D eigenvalue weighted by Gasteiger charge is 2.21. The van der Waals surface area contributed by atoms with Gasteiger partial charge in [0, 0.05) is 62.7 Å². The van der Waals surface area contributed by atoms with Crippen molar-refractivity contribution < 1.29 is 0 Å². The van der Waals surface area contributed by atoms with E-state index in [4.69, 9.17) is 16.7 Å². The maximum Gasteiger partial charge on any atom is 0.254 e. The maximum absolute atomic E-state index is 6.19. The third-order valence-corrected chi connectivity index (χ3v) is 5.41. The molecule has 3 heterocycles. The van der Waals surface area contributed by atoms with Crippen molar-refractivity contribution in [2.45, 2.75) is 20.4 Å². The molecule has 1 aliphatic heterocycles. The van der Waals surface area contributed by atoms with Crippen LogP contribution in [0.1, 0.15) is 17.1 Å². The molecule has 28 heavy (non-hydrogen) atoms. The highest BCUT2D eigenvalue weighted by atomic mass is 35.5. The fourth-order valence-electron chi connectivity index (χ4n) is 3.66. The number of aryl methyl sites for hydroxylation is 2. The minimum Gasteiger partial charge on any atom is -0.369 e. The van der Waals surface area contributed by atoms with Gasteiger partial charge in [0.05, 0.1) is 6.54 Å². The lowest BCUT2D eigenvalue weighted by atomic mass is 10.1. The number of aromatic nitrogens is 4. The molecule has 0 N–H and O–H groups in total. The smallest absolute Gasteiger partial charge is 0.254 e. The quantitative estimate of drug-likeness (QED) is 0.672. The molecule has 7 nitrogen and oxygen atoms in total. The first-order valence-electron chi connectivity index (χ1n) is 9.55. The number of rotatable bonds is 4. The fraction of sp³-hybridized carbons (Fsp3) is 0.450. The van der Waals surface area contributed by atoms with Crippen molar-refractivity contribution >= 4 is 28.9 Å². The number of hydrogen-bond donors (Lipinski definition) is 0. The second-order valence-electron chi connectivity index (χ2n) is 7.58. The topological polar surface area (TPSA) is 52.8 Å². The standard InChI is InChI=1S/C20H26ClN7/c1-14-5-6-16(21)12-17(14)27-9-7-26(8-10-27)13-18-23-20-22-15(2)11-19(25(3)4)28(20)24-18/h5-6,11-12H,7-10,13H2,1-4H3. The van der Waals surface area contributed by atoms with Gasteiger partial charge in [-0.2, -0.15) is 9.50 Å². The van der Waals surface area contributed by atoms with Crippen molar-refractivity contribution in [1.82, 2.24) is 24.5 Å². The summed E-state index contributed by atoms with van der Waals surface area (Å²) < 4.78 is 1.83. The Morgan fingerprint density at radius 2 is 1.79 bits per heavy atom. The summed E-state index contributed by atoms with van der Waals surface area (Å²) in [6.45, 7) is 8.72. The van der Waals surface area contributed by atoms with E-state index in [0.717, 1.165) is 55.1 Å². The molecule has 0 atom stereocenters. The van der Waals surface area contributed by atoms with Crippen LogP contribution in [0.2, 0.25) is 5.02 Å². The van der Waals surface area contributed by atoms with E-state index in [1.165, 1.54) is 11.3 Å². The molecular formula is C20H26ClN7. The van der Waals surface area contributed by atoms with Crippen molar-refractivity contribution in [2.75, 3.05) is 50.1 Å². The zero-order valence-corrected chi connectivity index (χ0v) is 17.6. The van der Waals surface area contributed by atoms with Crippen molar-refractivity contribution in [3.05, 3.63) is 46.4 Å². The molecule has 0 bridgehead atoms. The average Bonchev–Trinajstić information content (AvgIpc) is 3.05. The number of fused-ring (bicyclic) bond motifs is 1. The largest absolute Gasteiger partial charge is 0.369 e. The van der Waals surface area contributed by atoms with Gasteiger partial charge < -0.3 is 9.80 Å². The monoisotopic (exact) mass is 399 g/mol. The zero-order chi connectivity index (χ0) is 19.8. The van der Waals surface area contributed by atoms with Crippen LogP contribution in [-0.4, -0.2) is 64.8 Å². The summed E-state index contributed by atoms with van der Waals surface area (Å²) in [6.07, 6.45) is 0. The van der Waals surface area contributed by atoms with Gasteiger partial charge in [0.25, 0.3) is 5.78 Å². The first-order chi connectivity index (χ1) is 13.4. The third-order valence-electron chi connectivity index (χ3n) is 5.17. The van der Waals surface area contributed by atoms with E-state index in [1.807, 2.05) is 42.6 Å². The lowest BCUT2D eigenvalue weighted by Crippen LogP contribution is -2.46.